The van der Waals surface area contributed by atoms with Gasteiger partial charge in [-0.3, -0.25) is 14.5 Å². The van der Waals surface area contributed by atoms with E-state index < -0.39 is 0 Å². The molecule has 2 aromatic rings. The molecule has 7 heteroatoms. The average molecular weight is 428 g/mol. The maximum atomic E-state index is 12.8. The van der Waals surface area contributed by atoms with E-state index >= 15 is 0 Å². The molecule has 0 aliphatic heterocycles. The van der Waals surface area contributed by atoms with E-state index in [0.717, 1.165) is 22.4 Å². The lowest BCUT2D eigenvalue weighted by Gasteiger charge is -2.24. The van der Waals surface area contributed by atoms with Crippen molar-refractivity contribution in [3.63, 3.8) is 0 Å². The maximum Gasteiger partial charge on any atom is 0.238 e. The first-order chi connectivity index (χ1) is 14.8. The number of anilines is 1. The largest absolute Gasteiger partial charge is 0.493 e. The Bertz CT molecular complexity index is 914. The van der Waals surface area contributed by atoms with Gasteiger partial charge in [0, 0.05) is 18.8 Å². The third-order valence-corrected chi connectivity index (χ3v) is 5.25. The molecule has 0 atom stereocenters. The van der Waals surface area contributed by atoms with E-state index in [1.807, 2.05) is 57.2 Å². The second-order valence-electron chi connectivity index (χ2n) is 7.57. The van der Waals surface area contributed by atoms with Crippen LogP contribution in [0.3, 0.4) is 0 Å². The molecule has 0 aliphatic rings. The van der Waals surface area contributed by atoms with Crippen molar-refractivity contribution in [3.8, 4) is 11.5 Å². The van der Waals surface area contributed by atoms with Crippen LogP contribution < -0.4 is 14.8 Å². The predicted molar refractivity (Wildman–Crippen MR) is 123 cm³/mol. The molecule has 0 aliphatic carbocycles. The lowest BCUT2D eigenvalue weighted by Crippen LogP contribution is -2.41. The standard InChI is InChI=1S/C24H33N3O4/c1-7-27(14-19-11-12-21(30-5)22(13-19)31-6)24(29)16-26(4)15-23(28)25-20-10-8-9-17(2)18(20)3/h8-13H,7,14-16H2,1-6H3,(H,25,28). The Hall–Kier alpha value is -3.06. The Kier molecular flexibility index (Phi) is 8.88. The van der Waals surface area contributed by atoms with Gasteiger partial charge in [0.2, 0.25) is 11.8 Å². The molecule has 0 saturated heterocycles. The van der Waals surface area contributed by atoms with Crippen LogP contribution in [-0.2, 0) is 16.1 Å². The normalized spacial score (nSPS) is 10.7. The topological polar surface area (TPSA) is 71.1 Å². The molecular formula is C24H33N3O4. The van der Waals surface area contributed by atoms with Gasteiger partial charge in [-0.2, -0.15) is 0 Å². The fraction of sp³-hybridized carbons (Fsp3) is 0.417. The summed E-state index contributed by atoms with van der Waals surface area (Å²) < 4.78 is 10.6. The smallest absolute Gasteiger partial charge is 0.238 e. The SMILES string of the molecule is CCN(Cc1ccc(OC)c(OC)c1)C(=O)CN(C)CC(=O)Nc1cccc(C)c1C. The number of aryl methyl sites for hydroxylation is 1. The summed E-state index contributed by atoms with van der Waals surface area (Å²) in [5.74, 6) is 1.09. The summed E-state index contributed by atoms with van der Waals surface area (Å²) in [6.07, 6.45) is 0. The zero-order valence-corrected chi connectivity index (χ0v) is 19.3. The zero-order valence-electron chi connectivity index (χ0n) is 19.3. The van der Waals surface area contributed by atoms with Crippen molar-refractivity contribution in [2.75, 3.05) is 46.2 Å². The van der Waals surface area contributed by atoms with Gasteiger partial charge >= 0.3 is 0 Å². The van der Waals surface area contributed by atoms with Crippen LogP contribution in [0.1, 0.15) is 23.6 Å². The number of amides is 2. The van der Waals surface area contributed by atoms with Gasteiger partial charge in [-0.1, -0.05) is 18.2 Å². The van der Waals surface area contributed by atoms with E-state index in [-0.39, 0.29) is 24.9 Å². The zero-order chi connectivity index (χ0) is 23.0. The van der Waals surface area contributed by atoms with Gasteiger partial charge in [0.15, 0.2) is 11.5 Å². The van der Waals surface area contributed by atoms with Gasteiger partial charge < -0.3 is 19.7 Å². The molecule has 168 valence electrons. The van der Waals surface area contributed by atoms with Gasteiger partial charge in [0.25, 0.3) is 0 Å². The Balaban J connectivity index is 1.94. The molecular weight excluding hydrogens is 394 g/mol. The fourth-order valence-electron chi connectivity index (χ4n) is 3.28. The molecule has 2 amide bonds. The summed E-state index contributed by atoms with van der Waals surface area (Å²) in [5.41, 5.74) is 3.91. The van der Waals surface area contributed by atoms with E-state index in [1.165, 1.54) is 0 Å². The molecule has 0 fully saturated rings. The van der Waals surface area contributed by atoms with E-state index in [4.69, 9.17) is 9.47 Å². The molecule has 0 heterocycles. The minimum atomic E-state index is -0.146. The number of ether oxygens (including phenoxy) is 2. The van der Waals surface area contributed by atoms with Crippen molar-refractivity contribution in [2.45, 2.75) is 27.3 Å². The van der Waals surface area contributed by atoms with Crippen LogP contribution >= 0.6 is 0 Å². The number of nitrogens with one attached hydrogen (secondary N) is 1. The van der Waals surface area contributed by atoms with E-state index in [1.54, 1.807) is 31.1 Å². The molecule has 31 heavy (non-hydrogen) atoms. The predicted octanol–water partition coefficient (Wildman–Crippen LogP) is 3.24. The highest BCUT2D eigenvalue weighted by Crippen LogP contribution is 2.28. The van der Waals surface area contributed by atoms with Crippen molar-refractivity contribution in [2.24, 2.45) is 0 Å². The number of likely N-dealkylation sites (N-methyl/N-ethyl adjacent to an activating group) is 2. The number of hydrogen-bond acceptors (Lipinski definition) is 5. The Morgan fingerprint density at radius 3 is 2.35 bits per heavy atom. The molecule has 2 rings (SSSR count). The summed E-state index contributed by atoms with van der Waals surface area (Å²) in [6.45, 7) is 7.23. The summed E-state index contributed by atoms with van der Waals surface area (Å²) >= 11 is 0. The van der Waals surface area contributed by atoms with E-state index in [2.05, 4.69) is 5.32 Å². The van der Waals surface area contributed by atoms with Gasteiger partial charge in [-0.15, -0.1) is 0 Å². The number of carbonyl (C=O) groups excluding carboxylic acids is 2. The average Bonchev–Trinajstić information content (AvgIpc) is 2.74. The molecule has 0 unspecified atom stereocenters. The molecule has 0 saturated carbocycles. The molecule has 0 spiro atoms. The van der Waals surface area contributed by atoms with Gasteiger partial charge in [-0.25, -0.2) is 0 Å². The van der Waals surface area contributed by atoms with Crippen molar-refractivity contribution < 1.29 is 19.1 Å². The Labute approximate surface area is 184 Å². The highest BCUT2D eigenvalue weighted by Gasteiger charge is 2.17. The minimum absolute atomic E-state index is 0.0423. The van der Waals surface area contributed by atoms with Crippen LogP contribution in [0.4, 0.5) is 5.69 Å². The molecule has 0 radical (unpaired) electrons. The Morgan fingerprint density at radius 1 is 1.00 bits per heavy atom. The van der Waals surface area contributed by atoms with Crippen LogP contribution in [0, 0.1) is 13.8 Å². The van der Waals surface area contributed by atoms with Crippen LogP contribution in [0.15, 0.2) is 36.4 Å². The summed E-state index contributed by atoms with van der Waals surface area (Å²) in [4.78, 5) is 28.7. The van der Waals surface area contributed by atoms with Crippen molar-refractivity contribution >= 4 is 17.5 Å². The van der Waals surface area contributed by atoms with Crippen LogP contribution in [0.25, 0.3) is 0 Å². The van der Waals surface area contributed by atoms with Gasteiger partial charge in [-0.05, 0) is 62.7 Å². The second-order valence-corrected chi connectivity index (χ2v) is 7.57. The number of methoxy groups -OCH3 is 2. The van der Waals surface area contributed by atoms with E-state index in [0.29, 0.717) is 24.6 Å². The number of nitrogens with zero attached hydrogens (tertiary/aromatic N) is 2. The first-order valence-corrected chi connectivity index (χ1v) is 10.3. The highest BCUT2D eigenvalue weighted by molar-refractivity contribution is 5.93. The lowest BCUT2D eigenvalue weighted by molar-refractivity contribution is -0.132. The third-order valence-electron chi connectivity index (χ3n) is 5.25. The Morgan fingerprint density at radius 2 is 1.71 bits per heavy atom. The van der Waals surface area contributed by atoms with Crippen molar-refractivity contribution in [1.29, 1.82) is 0 Å². The van der Waals surface area contributed by atoms with Crippen molar-refractivity contribution in [3.05, 3.63) is 53.1 Å². The lowest BCUT2D eigenvalue weighted by atomic mass is 10.1. The number of benzene rings is 2. The molecule has 7 nitrogen and oxygen atoms in total. The summed E-state index contributed by atoms with van der Waals surface area (Å²) in [7, 11) is 4.94. The molecule has 2 aromatic carbocycles. The fourth-order valence-corrected chi connectivity index (χ4v) is 3.28. The quantitative estimate of drug-likeness (QED) is 0.630. The first kappa shape index (κ1) is 24.2. The van der Waals surface area contributed by atoms with E-state index in [9.17, 15) is 9.59 Å². The number of carbonyl (C=O) groups is 2. The monoisotopic (exact) mass is 427 g/mol. The van der Waals surface area contributed by atoms with Crippen LogP contribution in [0.5, 0.6) is 11.5 Å². The van der Waals surface area contributed by atoms with Gasteiger partial charge in [0.1, 0.15) is 0 Å². The molecule has 1 N–H and O–H groups in total. The molecule has 0 bridgehead atoms. The van der Waals surface area contributed by atoms with Gasteiger partial charge in [0.05, 0.1) is 27.3 Å². The summed E-state index contributed by atoms with van der Waals surface area (Å²) in [6, 6.07) is 11.4. The van der Waals surface area contributed by atoms with Crippen molar-refractivity contribution in [1.82, 2.24) is 9.80 Å². The number of hydrogen-bond donors (Lipinski definition) is 1. The summed E-state index contributed by atoms with van der Waals surface area (Å²) in [5, 5.41) is 2.93. The first-order valence-electron chi connectivity index (χ1n) is 10.3. The maximum absolute atomic E-state index is 12.8. The van der Waals surface area contributed by atoms with Crippen LogP contribution in [0.2, 0.25) is 0 Å². The highest BCUT2D eigenvalue weighted by atomic mass is 16.5. The second kappa shape index (κ2) is 11.4. The van der Waals surface area contributed by atoms with Crippen LogP contribution in [-0.4, -0.2) is 62.5 Å². The number of rotatable bonds is 10. The third kappa shape index (κ3) is 6.72. The molecule has 0 aromatic heterocycles. The minimum Gasteiger partial charge on any atom is -0.493 e.